The number of ether oxygens (including phenoxy) is 3. The summed E-state index contributed by atoms with van der Waals surface area (Å²) in [6, 6.07) is 25.9. The summed E-state index contributed by atoms with van der Waals surface area (Å²) in [5, 5.41) is 7.05. The molecule has 0 bridgehead atoms. The third kappa shape index (κ3) is 4.72. The van der Waals surface area contributed by atoms with Crippen LogP contribution in [0.3, 0.4) is 0 Å². The van der Waals surface area contributed by atoms with E-state index in [0.29, 0.717) is 17.1 Å². The standard InChI is InChI=1S/C35H36N2O4/c1-6-23(5)39-33(7-2)37-25-13-15-28-32(20-25)40-31-17-14-24(36-30-16-12-21(3)18-22(30)4)19-29(31)35(28)27-11-9-8-10-26(27)34(38)41-35/h8-20,23,33,36-37H,6-7H2,1-5H3. The lowest BCUT2D eigenvalue weighted by atomic mass is 9.77. The van der Waals surface area contributed by atoms with Crippen LogP contribution in [0, 0.1) is 13.8 Å². The smallest absolute Gasteiger partial charge is 0.340 e. The third-order valence-corrected chi connectivity index (χ3v) is 8.04. The SMILES string of the molecule is CCC(C)OC(CC)Nc1ccc2c(c1)Oc1ccc(Nc3ccc(C)cc3C)cc1C21OC(=O)c2ccccc21. The number of fused-ring (bicyclic) bond motifs is 6. The van der Waals surface area contributed by atoms with Gasteiger partial charge in [-0.15, -0.1) is 0 Å². The Morgan fingerprint density at radius 2 is 1.63 bits per heavy atom. The van der Waals surface area contributed by atoms with Gasteiger partial charge < -0.3 is 24.8 Å². The molecule has 0 radical (unpaired) electrons. The number of hydrogen-bond acceptors (Lipinski definition) is 6. The van der Waals surface area contributed by atoms with E-state index in [9.17, 15) is 4.79 Å². The van der Waals surface area contributed by atoms with E-state index >= 15 is 0 Å². The maximum Gasteiger partial charge on any atom is 0.340 e. The zero-order chi connectivity index (χ0) is 28.7. The zero-order valence-electron chi connectivity index (χ0n) is 24.2. The highest BCUT2D eigenvalue weighted by Gasteiger charge is 2.53. The van der Waals surface area contributed by atoms with Gasteiger partial charge in [0.1, 0.15) is 17.7 Å². The third-order valence-electron chi connectivity index (χ3n) is 8.04. The zero-order valence-corrected chi connectivity index (χ0v) is 24.2. The summed E-state index contributed by atoms with van der Waals surface area (Å²) in [5.74, 6) is 0.941. The van der Waals surface area contributed by atoms with Gasteiger partial charge in [0.2, 0.25) is 0 Å². The van der Waals surface area contributed by atoms with Crippen LogP contribution in [0.1, 0.15) is 71.8 Å². The molecule has 2 aliphatic rings. The van der Waals surface area contributed by atoms with Crippen molar-refractivity contribution in [3.8, 4) is 11.5 Å². The Morgan fingerprint density at radius 1 is 0.829 bits per heavy atom. The molecule has 3 unspecified atom stereocenters. The average Bonchev–Trinajstić information content (AvgIpc) is 3.27. The first-order chi connectivity index (χ1) is 19.8. The molecule has 0 saturated carbocycles. The van der Waals surface area contributed by atoms with Crippen molar-refractivity contribution in [2.24, 2.45) is 0 Å². The summed E-state index contributed by atoms with van der Waals surface area (Å²) in [7, 11) is 0. The van der Waals surface area contributed by atoms with Gasteiger partial charge in [0.05, 0.1) is 11.7 Å². The number of benzene rings is 4. The molecule has 210 valence electrons. The predicted molar refractivity (Wildman–Crippen MR) is 162 cm³/mol. The van der Waals surface area contributed by atoms with Gasteiger partial charge in [-0.05, 0) is 81.6 Å². The van der Waals surface area contributed by atoms with Crippen molar-refractivity contribution in [3.63, 3.8) is 0 Å². The lowest BCUT2D eigenvalue weighted by Gasteiger charge is -2.37. The molecule has 4 aromatic rings. The summed E-state index contributed by atoms with van der Waals surface area (Å²) in [6.07, 6.45) is 1.78. The molecule has 0 amide bonds. The summed E-state index contributed by atoms with van der Waals surface area (Å²) in [5.41, 5.74) is 6.96. The van der Waals surface area contributed by atoms with E-state index in [1.807, 2.05) is 60.7 Å². The van der Waals surface area contributed by atoms with Crippen LogP contribution < -0.4 is 15.4 Å². The quantitative estimate of drug-likeness (QED) is 0.170. The molecule has 2 heterocycles. The van der Waals surface area contributed by atoms with Crippen LogP contribution in [0.5, 0.6) is 11.5 Å². The second-order valence-corrected chi connectivity index (χ2v) is 11.0. The minimum atomic E-state index is -1.13. The molecule has 2 aliphatic heterocycles. The van der Waals surface area contributed by atoms with Crippen molar-refractivity contribution < 1.29 is 19.0 Å². The molecule has 6 nitrogen and oxygen atoms in total. The molecule has 3 atom stereocenters. The second-order valence-electron chi connectivity index (χ2n) is 11.0. The normalized spacial score (nSPS) is 18.0. The number of rotatable bonds is 8. The fourth-order valence-electron chi connectivity index (χ4n) is 5.74. The molecule has 1 spiro atoms. The number of esters is 1. The number of nitrogens with one attached hydrogen (secondary N) is 2. The Hall–Kier alpha value is -4.29. The molecular weight excluding hydrogens is 512 g/mol. The minimum Gasteiger partial charge on any atom is -0.456 e. The van der Waals surface area contributed by atoms with Crippen LogP contribution in [0.15, 0.2) is 78.9 Å². The first-order valence-corrected chi connectivity index (χ1v) is 14.4. The lowest BCUT2D eigenvalue weighted by molar-refractivity contribution is 0.0102. The first kappa shape index (κ1) is 26.9. The van der Waals surface area contributed by atoms with E-state index in [0.717, 1.165) is 52.2 Å². The fraction of sp³-hybridized carbons (Fsp3) is 0.286. The number of carbonyl (C=O) groups is 1. The lowest BCUT2D eigenvalue weighted by Crippen LogP contribution is -2.33. The van der Waals surface area contributed by atoms with Crippen molar-refractivity contribution in [2.75, 3.05) is 10.6 Å². The van der Waals surface area contributed by atoms with Crippen LogP contribution >= 0.6 is 0 Å². The van der Waals surface area contributed by atoms with Crippen molar-refractivity contribution in [1.29, 1.82) is 0 Å². The van der Waals surface area contributed by atoms with Crippen molar-refractivity contribution in [2.45, 2.75) is 65.4 Å². The molecule has 0 aliphatic carbocycles. The number of carbonyl (C=O) groups excluding carboxylic acids is 1. The maximum atomic E-state index is 13.3. The summed E-state index contributed by atoms with van der Waals surface area (Å²) >= 11 is 0. The number of anilines is 3. The number of hydrogen-bond donors (Lipinski definition) is 2. The Bertz CT molecular complexity index is 1630. The van der Waals surface area contributed by atoms with E-state index < -0.39 is 5.60 Å². The highest BCUT2D eigenvalue weighted by Crippen LogP contribution is 2.57. The van der Waals surface area contributed by atoms with Crippen molar-refractivity contribution >= 4 is 23.0 Å². The maximum absolute atomic E-state index is 13.3. The van der Waals surface area contributed by atoms with Gasteiger partial charge in [-0.3, -0.25) is 0 Å². The first-order valence-electron chi connectivity index (χ1n) is 14.4. The van der Waals surface area contributed by atoms with E-state index in [-0.39, 0.29) is 18.3 Å². The van der Waals surface area contributed by atoms with Crippen molar-refractivity contribution in [3.05, 3.63) is 112 Å². The Kier molecular flexibility index (Phi) is 6.96. The van der Waals surface area contributed by atoms with Gasteiger partial charge >= 0.3 is 5.97 Å². The van der Waals surface area contributed by atoms with Gasteiger partial charge in [0.25, 0.3) is 0 Å². The highest BCUT2D eigenvalue weighted by molar-refractivity contribution is 5.97. The topological polar surface area (TPSA) is 68.8 Å². The van der Waals surface area contributed by atoms with Crippen LogP contribution in [-0.2, 0) is 15.1 Å². The van der Waals surface area contributed by atoms with Crippen LogP contribution in [0.25, 0.3) is 0 Å². The van der Waals surface area contributed by atoms with Gasteiger partial charge in [0.15, 0.2) is 5.60 Å². The van der Waals surface area contributed by atoms with Gasteiger partial charge in [-0.2, -0.15) is 0 Å². The van der Waals surface area contributed by atoms with E-state index in [4.69, 9.17) is 14.2 Å². The molecule has 0 saturated heterocycles. The van der Waals surface area contributed by atoms with Gasteiger partial charge in [-0.1, -0.05) is 49.7 Å². The minimum absolute atomic E-state index is 0.128. The molecular formula is C35H36N2O4. The Labute approximate surface area is 241 Å². The van der Waals surface area contributed by atoms with E-state index in [1.54, 1.807) is 0 Å². The average molecular weight is 549 g/mol. The van der Waals surface area contributed by atoms with Crippen molar-refractivity contribution in [1.82, 2.24) is 0 Å². The van der Waals surface area contributed by atoms with Crippen LogP contribution in [0.2, 0.25) is 0 Å². The molecule has 0 fully saturated rings. The van der Waals surface area contributed by atoms with Gasteiger partial charge in [0, 0.05) is 39.8 Å². The highest BCUT2D eigenvalue weighted by atomic mass is 16.6. The second kappa shape index (κ2) is 10.6. The summed E-state index contributed by atoms with van der Waals surface area (Å²) in [4.78, 5) is 13.3. The Balaban J connectivity index is 1.45. The fourth-order valence-corrected chi connectivity index (χ4v) is 5.74. The van der Waals surface area contributed by atoms with Gasteiger partial charge in [-0.25, -0.2) is 4.79 Å². The largest absolute Gasteiger partial charge is 0.456 e. The predicted octanol–water partition coefficient (Wildman–Crippen LogP) is 8.58. The monoisotopic (exact) mass is 548 g/mol. The molecule has 2 N–H and O–H groups in total. The summed E-state index contributed by atoms with van der Waals surface area (Å²) in [6.45, 7) is 10.5. The molecule has 4 aromatic carbocycles. The van der Waals surface area contributed by atoms with E-state index in [1.165, 1.54) is 5.56 Å². The molecule has 0 aromatic heterocycles. The Morgan fingerprint density at radius 3 is 2.41 bits per heavy atom. The molecule has 41 heavy (non-hydrogen) atoms. The molecule has 6 rings (SSSR count). The summed E-state index contributed by atoms with van der Waals surface area (Å²) < 4.78 is 19.0. The van der Waals surface area contributed by atoms with Crippen LogP contribution in [0.4, 0.5) is 17.1 Å². The molecule has 6 heteroatoms. The van der Waals surface area contributed by atoms with Crippen LogP contribution in [-0.4, -0.2) is 18.3 Å². The number of aryl methyl sites for hydroxylation is 2. The van der Waals surface area contributed by atoms with E-state index in [2.05, 4.69) is 63.5 Å².